The molecule has 0 spiro atoms. The molecule has 8 nitrogen and oxygen atoms in total. The van der Waals surface area contributed by atoms with Gasteiger partial charge in [0.25, 0.3) is 5.91 Å². The SMILES string of the molecule is CCS(=O)(=O)c1ccc(O)c(NC(=O)c2ccn(COc3ccc(Br)cc3Cl)n2)c1. The second kappa shape index (κ2) is 9.07. The minimum atomic E-state index is -3.49. The fourth-order valence-electron chi connectivity index (χ4n) is 2.44. The number of nitrogens with one attached hydrogen (secondary N) is 1. The number of rotatable bonds is 7. The molecule has 2 aromatic carbocycles. The maximum Gasteiger partial charge on any atom is 0.276 e. The highest BCUT2D eigenvalue weighted by Crippen LogP contribution is 2.28. The first-order chi connectivity index (χ1) is 14.2. The Hall–Kier alpha value is -2.56. The van der Waals surface area contributed by atoms with Gasteiger partial charge in [0.2, 0.25) is 0 Å². The summed E-state index contributed by atoms with van der Waals surface area (Å²) in [5, 5.41) is 17.0. The number of sulfone groups is 1. The molecular weight excluding hydrogens is 498 g/mol. The van der Waals surface area contributed by atoms with E-state index in [0.29, 0.717) is 10.8 Å². The number of hydrogen-bond acceptors (Lipinski definition) is 6. The quantitative estimate of drug-likeness (QED) is 0.460. The molecule has 1 heterocycles. The van der Waals surface area contributed by atoms with Crippen LogP contribution in [0.3, 0.4) is 0 Å². The topological polar surface area (TPSA) is 111 Å². The van der Waals surface area contributed by atoms with Crippen LogP contribution in [0.1, 0.15) is 17.4 Å². The third kappa shape index (κ3) is 5.13. The van der Waals surface area contributed by atoms with Gasteiger partial charge < -0.3 is 15.2 Å². The molecule has 0 saturated carbocycles. The Morgan fingerprint density at radius 2 is 2.03 bits per heavy atom. The molecule has 2 N–H and O–H groups in total. The number of ether oxygens (including phenoxy) is 1. The lowest BCUT2D eigenvalue weighted by atomic mass is 10.3. The van der Waals surface area contributed by atoms with E-state index in [0.717, 1.165) is 4.47 Å². The van der Waals surface area contributed by atoms with E-state index in [9.17, 15) is 18.3 Å². The van der Waals surface area contributed by atoms with Crippen LogP contribution in [0.5, 0.6) is 11.5 Å². The van der Waals surface area contributed by atoms with Gasteiger partial charge in [-0.3, -0.25) is 4.79 Å². The molecular formula is C19H17BrClN3O5S. The predicted octanol–water partition coefficient (Wildman–Crippen LogP) is 4.09. The highest BCUT2D eigenvalue weighted by Gasteiger charge is 2.17. The second-order valence-corrected chi connectivity index (χ2v) is 9.73. The van der Waals surface area contributed by atoms with E-state index in [4.69, 9.17) is 16.3 Å². The molecule has 3 rings (SSSR count). The van der Waals surface area contributed by atoms with Crippen molar-refractivity contribution in [2.24, 2.45) is 0 Å². The van der Waals surface area contributed by atoms with E-state index >= 15 is 0 Å². The number of hydrogen-bond donors (Lipinski definition) is 2. The normalized spacial score (nSPS) is 11.3. The number of carbonyl (C=O) groups excluding carboxylic acids is 1. The molecule has 0 aliphatic rings. The van der Waals surface area contributed by atoms with Crippen LogP contribution in [0.4, 0.5) is 5.69 Å². The Kier molecular flexibility index (Phi) is 6.69. The monoisotopic (exact) mass is 513 g/mol. The van der Waals surface area contributed by atoms with Gasteiger partial charge >= 0.3 is 0 Å². The number of benzene rings is 2. The van der Waals surface area contributed by atoms with Crippen LogP contribution < -0.4 is 10.1 Å². The van der Waals surface area contributed by atoms with Crippen LogP contribution in [0.15, 0.2) is 58.0 Å². The summed E-state index contributed by atoms with van der Waals surface area (Å²) < 4.78 is 31.8. The largest absolute Gasteiger partial charge is 0.506 e. The zero-order chi connectivity index (χ0) is 21.9. The van der Waals surface area contributed by atoms with Gasteiger partial charge in [0.15, 0.2) is 22.3 Å². The maximum atomic E-state index is 12.5. The zero-order valence-electron chi connectivity index (χ0n) is 15.7. The molecule has 1 amide bonds. The molecule has 0 aliphatic carbocycles. The summed E-state index contributed by atoms with van der Waals surface area (Å²) in [4.78, 5) is 12.5. The Balaban J connectivity index is 1.70. The standard InChI is InChI=1S/C19H17BrClN3O5S/c1-2-30(27,28)13-4-5-17(25)16(10-13)22-19(26)15-7-8-24(23-15)11-29-18-6-3-12(20)9-14(18)21/h3-10,25H,2,11H2,1H3,(H,22,26). The van der Waals surface area contributed by atoms with E-state index in [2.05, 4.69) is 26.3 Å². The molecule has 0 radical (unpaired) electrons. The van der Waals surface area contributed by atoms with E-state index in [1.165, 1.54) is 35.9 Å². The van der Waals surface area contributed by atoms with Crippen LogP contribution >= 0.6 is 27.5 Å². The first-order valence-corrected chi connectivity index (χ1v) is 11.5. The maximum absolute atomic E-state index is 12.5. The summed E-state index contributed by atoms with van der Waals surface area (Å²) in [5.41, 5.74) is 0.0330. The van der Waals surface area contributed by atoms with Gasteiger partial charge in [-0.15, -0.1) is 0 Å². The highest BCUT2D eigenvalue weighted by atomic mass is 79.9. The molecule has 30 heavy (non-hydrogen) atoms. The summed E-state index contributed by atoms with van der Waals surface area (Å²) in [5.74, 6) is -0.513. The van der Waals surface area contributed by atoms with E-state index in [-0.39, 0.29) is 34.5 Å². The van der Waals surface area contributed by atoms with Crippen LogP contribution in [-0.2, 0) is 16.6 Å². The summed E-state index contributed by atoms with van der Waals surface area (Å²) in [6, 6.07) is 10.3. The van der Waals surface area contributed by atoms with E-state index in [1.807, 2.05) is 0 Å². The molecule has 0 saturated heterocycles. The molecule has 0 aliphatic heterocycles. The molecule has 0 bridgehead atoms. The first-order valence-electron chi connectivity index (χ1n) is 8.68. The molecule has 1 aromatic heterocycles. The number of halogens is 2. The third-order valence-electron chi connectivity index (χ3n) is 4.07. The number of nitrogens with zero attached hydrogens (tertiary/aromatic N) is 2. The smallest absolute Gasteiger partial charge is 0.276 e. The van der Waals surface area contributed by atoms with Crippen molar-refractivity contribution >= 4 is 49.0 Å². The van der Waals surface area contributed by atoms with Gasteiger partial charge in [0, 0.05) is 10.7 Å². The van der Waals surface area contributed by atoms with Gasteiger partial charge in [-0.05, 0) is 42.5 Å². The molecule has 0 fully saturated rings. The van der Waals surface area contributed by atoms with Crippen molar-refractivity contribution in [2.45, 2.75) is 18.6 Å². The van der Waals surface area contributed by atoms with Crippen LogP contribution in [0.25, 0.3) is 0 Å². The molecule has 158 valence electrons. The number of aromatic nitrogens is 2. The van der Waals surface area contributed by atoms with E-state index < -0.39 is 15.7 Å². The average molecular weight is 515 g/mol. The minimum absolute atomic E-state index is 0.00315. The van der Waals surface area contributed by atoms with Crippen molar-refractivity contribution in [1.82, 2.24) is 9.78 Å². The highest BCUT2D eigenvalue weighted by molar-refractivity contribution is 9.10. The van der Waals surface area contributed by atoms with Gasteiger partial charge in [-0.25, -0.2) is 13.1 Å². The Labute approximate surface area is 186 Å². The van der Waals surface area contributed by atoms with Crippen molar-refractivity contribution in [2.75, 3.05) is 11.1 Å². The lowest BCUT2D eigenvalue weighted by Crippen LogP contribution is -2.15. The molecule has 11 heteroatoms. The van der Waals surface area contributed by atoms with Crippen molar-refractivity contribution in [3.63, 3.8) is 0 Å². The van der Waals surface area contributed by atoms with Crippen LogP contribution in [-0.4, -0.2) is 35.0 Å². The molecule has 0 unspecified atom stereocenters. The summed E-state index contributed by atoms with van der Waals surface area (Å²) in [6.07, 6.45) is 1.54. The van der Waals surface area contributed by atoms with E-state index in [1.54, 1.807) is 24.4 Å². The molecule has 3 aromatic rings. The number of phenols is 1. The fraction of sp³-hybridized carbons (Fsp3) is 0.158. The second-order valence-electron chi connectivity index (χ2n) is 6.13. The Morgan fingerprint density at radius 3 is 2.73 bits per heavy atom. The Bertz CT molecular complexity index is 1200. The van der Waals surface area contributed by atoms with Gasteiger partial charge in [-0.1, -0.05) is 34.5 Å². The number of amides is 1. The van der Waals surface area contributed by atoms with Gasteiger partial charge in [-0.2, -0.15) is 5.10 Å². The Morgan fingerprint density at radius 1 is 1.27 bits per heavy atom. The fourth-order valence-corrected chi connectivity index (χ4v) is 4.08. The van der Waals surface area contributed by atoms with Crippen molar-refractivity contribution < 1.29 is 23.1 Å². The van der Waals surface area contributed by atoms with Crippen LogP contribution in [0, 0.1) is 0 Å². The molecule has 0 atom stereocenters. The third-order valence-corrected chi connectivity index (χ3v) is 6.60. The van der Waals surface area contributed by atoms with Crippen molar-refractivity contribution in [3.8, 4) is 11.5 Å². The predicted molar refractivity (Wildman–Crippen MR) is 116 cm³/mol. The number of carbonyl (C=O) groups is 1. The average Bonchev–Trinajstić information content (AvgIpc) is 3.18. The lowest BCUT2D eigenvalue weighted by molar-refractivity contribution is 0.101. The summed E-state index contributed by atoms with van der Waals surface area (Å²) >= 11 is 9.41. The minimum Gasteiger partial charge on any atom is -0.506 e. The van der Waals surface area contributed by atoms with Crippen molar-refractivity contribution in [1.29, 1.82) is 0 Å². The summed E-state index contributed by atoms with van der Waals surface area (Å²) in [6.45, 7) is 1.53. The number of phenolic OH excluding ortho intramolecular Hbond substituents is 1. The first kappa shape index (κ1) is 22.1. The number of anilines is 1. The summed E-state index contributed by atoms with van der Waals surface area (Å²) in [7, 11) is -3.49. The zero-order valence-corrected chi connectivity index (χ0v) is 18.8. The van der Waals surface area contributed by atoms with Gasteiger partial charge in [0.1, 0.15) is 11.5 Å². The van der Waals surface area contributed by atoms with Gasteiger partial charge in [0.05, 0.1) is 21.4 Å². The lowest BCUT2D eigenvalue weighted by Gasteiger charge is -2.09. The van der Waals surface area contributed by atoms with Crippen molar-refractivity contribution in [3.05, 3.63) is 63.9 Å². The number of aromatic hydroxyl groups is 1. The van der Waals surface area contributed by atoms with Crippen LogP contribution in [0.2, 0.25) is 5.02 Å².